The maximum absolute atomic E-state index is 11.2. The number of rotatable bonds is 3. The number of hydrogen-bond donors (Lipinski definition) is 1. The SMILES string of the molecule is CC(c1cccnc1)N1CCCCC1C(=O)O. The first-order valence-electron chi connectivity index (χ1n) is 6.08. The van der Waals surface area contributed by atoms with Gasteiger partial charge >= 0.3 is 5.97 Å². The maximum atomic E-state index is 11.2. The minimum Gasteiger partial charge on any atom is -0.480 e. The van der Waals surface area contributed by atoms with Crippen LogP contribution in [0.15, 0.2) is 24.5 Å². The van der Waals surface area contributed by atoms with Crippen LogP contribution in [0.5, 0.6) is 0 Å². The number of carbonyl (C=O) groups is 1. The van der Waals surface area contributed by atoms with Gasteiger partial charge in [-0.1, -0.05) is 12.5 Å². The molecule has 2 heterocycles. The normalized spacial score (nSPS) is 23.2. The number of carboxylic acids is 1. The molecule has 0 amide bonds. The van der Waals surface area contributed by atoms with Crippen LogP contribution in [-0.2, 0) is 4.79 Å². The van der Waals surface area contributed by atoms with Crippen LogP contribution in [0, 0.1) is 0 Å². The van der Waals surface area contributed by atoms with Crippen molar-refractivity contribution in [3.05, 3.63) is 30.1 Å². The van der Waals surface area contributed by atoms with Crippen LogP contribution in [0.3, 0.4) is 0 Å². The van der Waals surface area contributed by atoms with E-state index in [0.717, 1.165) is 31.4 Å². The first kappa shape index (κ1) is 12.0. The lowest BCUT2D eigenvalue weighted by Gasteiger charge is -2.37. The number of aromatic nitrogens is 1. The molecule has 0 radical (unpaired) electrons. The monoisotopic (exact) mass is 234 g/mol. The van der Waals surface area contributed by atoms with Crippen molar-refractivity contribution in [2.45, 2.75) is 38.3 Å². The first-order chi connectivity index (χ1) is 8.20. The van der Waals surface area contributed by atoms with E-state index in [4.69, 9.17) is 0 Å². The average molecular weight is 234 g/mol. The second-order valence-corrected chi connectivity index (χ2v) is 4.55. The minimum absolute atomic E-state index is 0.116. The lowest BCUT2D eigenvalue weighted by molar-refractivity contribution is -0.145. The predicted octanol–water partition coefficient (Wildman–Crippen LogP) is 2.08. The van der Waals surface area contributed by atoms with Gasteiger partial charge in [-0.2, -0.15) is 0 Å². The molecule has 1 aliphatic heterocycles. The van der Waals surface area contributed by atoms with Crippen LogP contribution in [0.1, 0.15) is 37.8 Å². The van der Waals surface area contributed by atoms with E-state index in [9.17, 15) is 9.90 Å². The Morgan fingerprint density at radius 3 is 3.06 bits per heavy atom. The lowest BCUT2D eigenvalue weighted by Crippen LogP contribution is -2.45. The van der Waals surface area contributed by atoms with E-state index < -0.39 is 5.97 Å². The zero-order chi connectivity index (χ0) is 12.3. The van der Waals surface area contributed by atoms with E-state index in [1.54, 1.807) is 6.20 Å². The van der Waals surface area contributed by atoms with Crippen molar-refractivity contribution in [3.63, 3.8) is 0 Å². The Balaban J connectivity index is 2.16. The van der Waals surface area contributed by atoms with Crippen LogP contribution in [0.25, 0.3) is 0 Å². The number of nitrogens with zero attached hydrogens (tertiary/aromatic N) is 2. The van der Waals surface area contributed by atoms with Crippen molar-refractivity contribution < 1.29 is 9.90 Å². The summed E-state index contributed by atoms with van der Waals surface area (Å²) in [6.07, 6.45) is 6.39. The third-order valence-electron chi connectivity index (χ3n) is 3.49. The van der Waals surface area contributed by atoms with E-state index in [2.05, 4.69) is 16.8 Å². The summed E-state index contributed by atoms with van der Waals surface area (Å²) in [7, 11) is 0. The molecular formula is C13H18N2O2. The summed E-state index contributed by atoms with van der Waals surface area (Å²) >= 11 is 0. The van der Waals surface area contributed by atoms with Gasteiger partial charge in [-0.15, -0.1) is 0 Å². The van der Waals surface area contributed by atoms with Gasteiger partial charge in [0.1, 0.15) is 6.04 Å². The van der Waals surface area contributed by atoms with Crippen molar-refractivity contribution in [2.75, 3.05) is 6.54 Å². The highest BCUT2D eigenvalue weighted by molar-refractivity contribution is 5.73. The topological polar surface area (TPSA) is 53.4 Å². The number of likely N-dealkylation sites (tertiary alicyclic amines) is 1. The van der Waals surface area contributed by atoms with Crippen LogP contribution in [-0.4, -0.2) is 33.5 Å². The van der Waals surface area contributed by atoms with Crippen molar-refractivity contribution in [1.29, 1.82) is 0 Å². The Kier molecular flexibility index (Phi) is 3.74. The fourth-order valence-corrected chi connectivity index (χ4v) is 2.50. The standard InChI is InChI=1S/C13H18N2O2/c1-10(11-5-4-7-14-9-11)15-8-3-2-6-12(15)13(16)17/h4-5,7,9-10,12H,2-3,6,8H2,1H3,(H,16,17). The van der Waals surface area contributed by atoms with E-state index >= 15 is 0 Å². The van der Waals surface area contributed by atoms with Gasteiger partial charge in [0.25, 0.3) is 0 Å². The highest BCUT2D eigenvalue weighted by Crippen LogP contribution is 2.27. The molecule has 2 atom stereocenters. The van der Waals surface area contributed by atoms with Crippen molar-refractivity contribution in [1.82, 2.24) is 9.88 Å². The Morgan fingerprint density at radius 1 is 1.59 bits per heavy atom. The van der Waals surface area contributed by atoms with Crippen molar-refractivity contribution in [3.8, 4) is 0 Å². The van der Waals surface area contributed by atoms with Gasteiger partial charge in [-0.3, -0.25) is 14.7 Å². The molecule has 1 N–H and O–H groups in total. The van der Waals surface area contributed by atoms with E-state index in [1.165, 1.54) is 0 Å². The summed E-state index contributed by atoms with van der Waals surface area (Å²) in [5, 5.41) is 9.25. The molecular weight excluding hydrogens is 216 g/mol. The third kappa shape index (κ3) is 2.64. The van der Waals surface area contributed by atoms with E-state index in [0.29, 0.717) is 0 Å². The van der Waals surface area contributed by atoms with Crippen LogP contribution < -0.4 is 0 Å². The maximum Gasteiger partial charge on any atom is 0.320 e. The number of hydrogen-bond acceptors (Lipinski definition) is 3. The van der Waals surface area contributed by atoms with E-state index in [-0.39, 0.29) is 12.1 Å². The summed E-state index contributed by atoms with van der Waals surface area (Å²) < 4.78 is 0. The summed E-state index contributed by atoms with van der Waals surface area (Å²) in [6, 6.07) is 3.67. The van der Waals surface area contributed by atoms with Gasteiger partial charge in [0.15, 0.2) is 0 Å². The van der Waals surface area contributed by atoms with Crippen LogP contribution >= 0.6 is 0 Å². The number of aliphatic carboxylic acids is 1. The van der Waals surface area contributed by atoms with Crippen molar-refractivity contribution >= 4 is 5.97 Å². The van der Waals surface area contributed by atoms with Gasteiger partial charge in [0, 0.05) is 18.4 Å². The zero-order valence-corrected chi connectivity index (χ0v) is 10.0. The second-order valence-electron chi connectivity index (χ2n) is 4.55. The van der Waals surface area contributed by atoms with Gasteiger partial charge in [0.2, 0.25) is 0 Å². The molecule has 2 rings (SSSR count). The van der Waals surface area contributed by atoms with Crippen molar-refractivity contribution in [2.24, 2.45) is 0 Å². The minimum atomic E-state index is -0.708. The number of carboxylic acid groups (broad SMARTS) is 1. The summed E-state index contributed by atoms with van der Waals surface area (Å²) in [4.78, 5) is 17.4. The molecule has 0 saturated carbocycles. The molecule has 1 aliphatic rings. The molecule has 17 heavy (non-hydrogen) atoms. The molecule has 0 aliphatic carbocycles. The summed E-state index contributed by atoms with van der Waals surface area (Å²) in [5.74, 6) is -0.708. The summed E-state index contributed by atoms with van der Waals surface area (Å²) in [6.45, 7) is 2.91. The second kappa shape index (κ2) is 5.27. The highest BCUT2D eigenvalue weighted by atomic mass is 16.4. The molecule has 0 aromatic carbocycles. The lowest BCUT2D eigenvalue weighted by atomic mass is 9.98. The van der Waals surface area contributed by atoms with Gasteiger partial charge in [0.05, 0.1) is 0 Å². The molecule has 1 aromatic rings. The molecule has 0 spiro atoms. The van der Waals surface area contributed by atoms with Crippen LogP contribution in [0.4, 0.5) is 0 Å². The van der Waals surface area contributed by atoms with Crippen LogP contribution in [0.2, 0.25) is 0 Å². The van der Waals surface area contributed by atoms with Gasteiger partial charge in [-0.25, -0.2) is 0 Å². The van der Waals surface area contributed by atoms with Gasteiger partial charge < -0.3 is 5.11 Å². The van der Waals surface area contributed by atoms with Gasteiger partial charge in [-0.05, 0) is 37.9 Å². The molecule has 1 saturated heterocycles. The molecule has 92 valence electrons. The summed E-state index contributed by atoms with van der Waals surface area (Å²) in [5.41, 5.74) is 1.08. The number of piperidine rings is 1. The molecule has 4 nitrogen and oxygen atoms in total. The molecule has 2 unspecified atom stereocenters. The zero-order valence-electron chi connectivity index (χ0n) is 10.0. The largest absolute Gasteiger partial charge is 0.480 e. The Bertz CT molecular complexity index is 380. The Hall–Kier alpha value is -1.42. The quantitative estimate of drug-likeness (QED) is 0.870. The van der Waals surface area contributed by atoms with E-state index in [1.807, 2.05) is 18.3 Å². The predicted molar refractivity (Wildman–Crippen MR) is 64.6 cm³/mol. The molecule has 0 bridgehead atoms. The Labute approximate surface area is 101 Å². The number of pyridine rings is 1. The fourth-order valence-electron chi connectivity index (χ4n) is 2.50. The smallest absolute Gasteiger partial charge is 0.320 e. The third-order valence-corrected chi connectivity index (χ3v) is 3.49. The Morgan fingerprint density at radius 2 is 2.41 bits per heavy atom. The molecule has 4 heteroatoms. The fraction of sp³-hybridized carbons (Fsp3) is 0.538. The first-order valence-corrected chi connectivity index (χ1v) is 6.08. The average Bonchev–Trinajstić information content (AvgIpc) is 2.39. The molecule has 1 aromatic heterocycles. The molecule has 1 fully saturated rings. The highest BCUT2D eigenvalue weighted by Gasteiger charge is 2.32.